The summed E-state index contributed by atoms with van der Waals surface area (Å²) < 4.78 is 11.2. The molecule has 0 aliphatic rings. The number of aryl methyl sites for hydroxylation is 1. The maximum Gasteiger partial charge on any atom is 0.276 e. The monoisotopic (exact) mass is 458 g/mol. The number of carbonyl (C=O) groups is 1. The molecule has 4 aromatic heterocycles. The number of carbonyl (C=O) groups excluding carboxylic acids is 1. The first kappa shape index (κ1) is 19.3. The SMILES string of the molecule is CCOCn1cc(NC(=O)c2cc3nccc(-c4nn(CC)cc4Br)n3n2)cn1. The summed E-state index contributed by atoms with van der Waals surface area (Å²) in [5.74, 6) is -0.351. The molecule has 0 fully saturated rings. The Morgan fingerprint density at radius 2 is 2.10 bits per heavy atom. The van der Waals surface area contributed by atoms with Gasteiger partial charge in [0.1, 0.15) is 12.4 Å². The van der Waals surface area contributed by atoms with Crippen LogP contribution in [-0.2, 0) is 18.0 Å². The molecule has 0 aromatic carbocycles. The van der Waals surface area contributed by atoms with E-state index >= 15 is 0 Å². The smallest absolute Gasteiger partial charge is 0.276 e. The van der Waals surface area contributed by atoms with Crippen LogP contribution in [0.5, 0.6) is 0 Å². The Morgan fingerprint density at radius 3 is 2.86 bits per heavy atom. The number of aromatic nitrogens is 7. The zero-order valence-corrected chi connectivity index (χ0v) is 17.5. The van der Waals surface area contributed by atoms with Gasteiger partial charge in [0.25, 0.3) is 5.91 Å². The molecule has 4 heterocycles. The standard InChI is InChI=1S/C18H19BrN8O2/c1-3-25-10-13(19)17(24-25)15-5-6-20-16-7-14(23-27(15)16)18(28)22-12-8-21-26(9-12)11-29-4-2/h5-10H,3-4,11H2,1-2H3,(H,22,28). The fraction of sp³-hybridized carbons (Fsp3) is 0.278. The Bertz CT molecular complexity index is 1160. The first-order valence-corrected chi connectivity index (χ1v) is 9.88. The lowest BCUT2D eigenvalue weighted by Crippen LogP contribution is -2.12. The van der Waals surface area contributed by atoms with Crippen LogP contribution in [0.4, 0.5) is 5.69 Å². The number of hydrogen-bond acceptors (Lipinski definition) is 6. The Morgan fingerprint density at radius 1 is 1.24 bits per heavy atom. The highest BCUT2D eigenvalue weighted by Crippen LogP contribution is 2.27. The lowest BCUT2D eigenvalue weighted by Gasteiger charge is -2.02. The number of amides is 1. The molecule has 10 nitrogen and oxygen atoms in total. The first-order valence-electron chi connectivity index (χ1n) is 9.08. The third-order valence-electron chi connectivity index (χ3n) is 4.19. The van der Waals surface area contributed by atoms with Crippen molar-refractivity contribution < 1.29 is 9.53 Å². The molecule has 0 spiro atoms. The number of anilines is 1. The van der Waals surface area contributed by atoms with Gasteiger partial charge in [0, 0.05) is 31.6 Å². The van der Waals surface area contributed by atoms with Crippen LogP contribution in [0.2, 0.25) is 0 Å². The first-order chi connectivity index (χ1) is 14.1. The summed E-state index contributed by atoms with van der Waals surface area (Å²) in [6.07, 6.45) is 6.83. The number of nitrogens with zero attached hydrogens (tertiary/aromatic N) is 7. The van der Waals surface area contributed by atoms with Crippen LogP contribution in [0.3, 0.4) is 0 Å². The summed E-state index contributed by atoms with van der Waals surface area (Å²) in [4.78, 5) is 17.0. The van der Waals surface area contributed by atoms with Crippen molar-refractivity contribution in [3.8, 4) is 11.4 Å². The second kappa shape index (κ2) is 8.13. The van der Waals surface area contributed by atoms with Crippen LogP contribution in [0, 0.1) is 0 Å². The zero-order valence-electron chi connectivity index (χ0n) is 15.9. The third-order valence-corrected chi connectivity index (χ3v) is 4.77. The van der Waals surface area contributed by atoms with Gasteiger partial charge in [-0.3, -0.25) is 9.48 Å². The normalized spacial score (nSPS) is 11.3. The van der Waals surface area contributed by atoms with Gasteiger partial charge in [-0.25, -0.2) is 14.2 Å². The molecular formula is C18H19BrN8O2. The molecule has 0 unspecified atom stereocenters. The van der Waals surface area contributed by atoms with Crippen molar-refractivity contribution >= 4 is 33.2 Å². The number of ether oxygens (including phenoxy) is 1. The molecule has 0 saturated heterocycles. The summed E-state index contributed by atoms with van der Waals surface area (Å²) in [5.41, 5.74) is 2.82. The predicted octanol–water partition coefficient (Wildman–Crippen LogP) is 2.82. The number of rotatable bonds is 7. The number of hydrogen-bond donors (Lipinski definition) is 1. The Labute approximate surface area is 174 Å². The van der Waals surface area contributed by atoms with Crippen LogP contribution in [-0.4, -0.2) is 46.7 Å². The molecule has 150 valence electrons. The van der Waals surface area contributed by atoms with Crippen molar-refractivity contribution in [3.63, 3.8) is 0 Å². The van der Waals surface area contributed by atoms with E-state index in [1.54, 1.807) is 33.9 Å². The highest BCUT2D eigenvalue weighted by Gasteiger charge is 2.17. The molecule has 4 rings (SSSR count). The molecule has 0 aliphatic heterocycles. The van der Waals surface area contributed by atoms with Crippen LogP contribution in [0.15, 0.2) is 41.4 Å². The predicted molar refractivity (Wildman–Crippen MR) is 109 cm³/mol. The average molecular weight is 459 g/mol. The molecule has 0 radical (unpaired) electrons. The van der Waals surface area contributed by atoms with Gasteiger partial charge < -0.3 is 10.1 Å². The minimum absolute atomic E-state index is 0.244. The topological polar surface area (TPSA) is 104 Å². The second-order valence-electron chi connectivity index (χ2n) is 6.16. The van der Waals surface area contributed by atoms with E-state index in [4.69, 9.17) is 4.74 Å². The average Bonchev–Trinajstić information content (AvgIpc) is 3.43. The largest absolute Gasteiger partial charge is 0.360 e. The van der Waals surface area contributed by atoms with E-state index in [1.165, 1.54) is 0 Å². The molecule has 0 saturated carbocycles. The van der Waals surface area contributed by atoms with Gasteiger partial charge in [-0.15, -0.1) is 0 Å². The van der Waals surface area contributed by atoms with Crippen molar-refractivity contribution in [1.82, 2.24) is 34.2 Å². The van der Waals surface area contributed by atoms with Gasteiger partial charge in [0.15, 0.2) is 11.3 Å². The molecule has 1 amide bonds. The van der Waals surface area contributed by atoms with Gasteiger partial charge >= 0.3 is 0 Å². The van der Waals surface area contributed by atoms with E-state index in [9.17, 15) is 4.79 Å². The van der Waals surface area contributed by atoms with Gasteiger partial charge in [0.2, 0.25) is 0 Å². The fourth-order valence-electron chi connectivity index (χ4n) is 2.80. The van der Waals surface area contributed by atoms with Crippen molar-refractivity contribution in [1.29, 1.82) is 0 Å². The third kappa shape index (κ3) is 3.91. The molecule has 29 heavy (non-hydrogen) atoms. The summed E-state index contributed by atoms with van der Waals surface area (Å²) >= 11 is 3.54. The number of fused-ring (bicyclic) bond motifs is 1. The minimum Gasteiger partial charge on any atom is -0.360 e. The van der Waals surface area contributed by atoms with Crippen LogP contribution in [0.25, 0.3) is 17.0 Å². The lowest BCUT2D eigenvalue weighted by atomic mass is 10.3. The van der Waals surface area contributed by atoms with E-state index in [-0.39, 0.29) is 11.6 Å². The van der Waals surface area contributed by atoms with Crippen molar-refractivity contribution in [2.45, 2.75) is 27.1 Å². The Kier molecular flexibility index (Phi) is 5.41. The number of halogens is 1. The molecule has 4 aromatic rings. The van der Waals surface area contributed by atoms with E-state index in [1.807, 2.05) is 30.8 Å². The van der Waals surface area contributed by atoms with E-state index in [0.717, 1.165) is 22.4 Å². The quantitative estimate of drug-likeness (QED) is 0.456. The van der Waals surface area contributed by atoms with Crippen molar-refractivity contribution in [2.24, 2.45) is 0 Å². The van der Waals surface area contributed by atoms with Gasteiger partial charge in [0.05, 0.1) is 28.2 Å². The van der Waals surface area contributed by atoms with E-state index < -0.39 is 0 Å². The second-order valence-corrected chi connectivity index (χ2v) is 7.01. The van der Waals surface area contributed by atoms with E-state index in [0.29, 0.717) is 24.7 Å². The van der Waals surface area contributed by atoms with E-state index in [2.05, 4.69) is 41.5 Å². The zero-order chi connectivity index (χ0) is 20.4. The summed E-state index contributed by atoms with van der Waals surface area (Å²) in [6, 6.07) is 3.45. The summed E-state index contributed by atoms with van der Waals surface area (Å²) in [7, 11) is 0. The maximum atomic E-state index is 12.7. The molecule has 0 atom stereocenters. The summed E-state index contributed by atoms with van der Waals surface area (Å²) in [5, 5.41) is 15.9. The minimum atomic E-state index is -0.351. The van der Waals surface area contributed by atoms with Crippen molar-refractivity contribution in [2.75, 3.05) is 11.9 Å². The molecule has 0 aliphatic carbocycles. The molecule has 11 heteroatoms. The molecule has 0 bridgehead atoms. The van der Waals surface area contributed by atoms with Gasteiger partial charge in [-0.1, -0.05) is 0 Å². The fourth-order valence-corrected chi connectivity index (χ4v) is 3.32. The highest BCUT2D eigenvalue weighted by atomic mass is 79.9. The van der Waals surface area contributed by atoms with Crippen molar-refractivity contribution in [3.05, 3.63) is 47.1 Å². The Hall–Kier alpha value is -3.05. The number of nitrogens with one attached hydrogen (secondary N) is 1. The van der Waals surface area contributed by atoms with Gasteiger partial charge in [-0.05, 0) is 35.8 Å². The summed E-state index contributed by atoms with van der Waals surface area (Å²) in [6.45, 7) is 5.58. The highest BCUT2D eigenvalue weighted by molar-refractivity contribution is 9.10. The maximum absolute atomic E-state index is 12.7. The molecular weight excluding hydrogens is 440 g/mol. The van der Waals surface area contributed by atoms with Gasteiger partial charge in [-0.2, -0.15) is 15.3 Å². The van der Waals surface area contributed by atoms with Crippen LogP contribution in [0.1, 0.15) is 24.3 Å². The Balaban J connectivity index is 1.61. The van der Waals surface area contributed by atoms with Crippen LogP contribution < -0.4 is 5.32 Å². The van der Waals surface area contributed by atoms with Crippen LogP contribution >= 0.6 is 15.9 Å². The lowest BCUT2D eigenvalue weighted by molar-refractivity contribution is 0.0792. The molecule has 1 N–H and O–H groups in total.